The fourth-order valence-electron chi connectivity index (χ4n) is 2.18. The lowest BCUT2D eigenvalue weighted by Gasteiger charge is -2.24. The lowest BCUT2D eigenvalue weighted by Crippen LogP contribution is -2.36. The third kappa shape index (κ3) is 4.81. The molecule has 1 saturated heterocycles. The summed E-state index contributed by atoms with van der Waals surface area (Å²) in [5, 5.41) is -0.000440. The molecule has 2 atom stereocenters. The minimum absolute atomic E-state index is 0.000440. The summed E-state index contributed by atoms with van der Waals surface area (Å²) < 4.78 is 17.7. The predicted octanol–water partition coefficient (Wildman–Crippen LogP) is 2.34. The van der Waals surface area contributed by atoms with Crippen molar-refractivity contribution in [3.63, 3.8) is 0 Å². The first-order valence-electron chi connectivity index (χ1n) is 7.10. The molecule has 0 radical (unpaired) electrons. The SMILES string of the molecule is CC(C)(C)OC(=O)N1CC[C@H]([S@](=O)Cc2ccccn2)C1. The third-order valence-electron chi connectivity index (χ3n) is 3.18. The van der Waals surface area contributed by atoms with Crippen LogP contribution in [0.25, 0.3) is 0 Å². The molecule has 0 unspecified atom stereocenters. The third-order valence-corrected chi connectivity index (χ3v) is 4.89. The van der Waals surface area contributed by atoms with E-state index in [1.165, 1.54) is 0 Å². The van der Waals surface area contributed by atoms with Gasteiger partial charge in [-0.3, -0.25) is 9.19 Å². The zero-order valence-corrected chi connectivity index (χ0v) is 13.6. The number of aromatic nitrogens is 1. The second-order valence-corrected chi connectivity index (χ2v) is 7.90. The Kier molecular flexibility index (Phi) is 4.98. The summed E-state index contributed by atoms with van der Waals surface area (Å²) in [5.74, 6) is 0.438. The highest BCUT2D eigenvalue weighted by molar-refractivity contribution is 7.84. The highest BCUT2D eigenvalue weighted by Crippen LogP contribution is 2.20. The van der Waals surface area contributed by atoms with Crippen LogP contribution in [0.2, 0.25) is 0 Å². The maximum absolute atomic E-state index is 12.4. The summed E-state index contributed by atoms with van der Waals surface area (Å²) in [6.45, 7) is 6.63. The molecule has 116 valence electrons. The summed E-state index contributed by atoms with van der Waals surface area (Å²) in [5.41, 5.74) is 0.328. The summed E-state index contributed by atoms with van der Waals surface area (Å²) >= 11 is 0. The average Bonchev–Trinajstić information content (AvgIpc) is 2.87. The molecule has 1 aliphatic heterocycles. The van der Waals surface area contributed by atoms with Gasteiger partial charge in [-0.05, 0) is 39.3 Å². The fourth-order valence-corrected chi connectivity index (χ4v) is 3.59. The van der Waals surface area contributed by atoms with E-state index in [4.69, 9.17) is 4.74 Å². The topological polar surface area (TPSA) is 59.5 Å². The van der Waals surface area contributed by atoms with Crippen LogP contribution in [0.15, 0.2) is 24.4 Å². The van der Waals surface area contributed by atoms with Crippen molar-refractivity contribution in [1.29, 1.82) is 0 Å². The summed E-state index contributed by atoms with van der Waals surface area (Å²) in [6.07, 6.45) is 2.13. The van der Waals surface area contributed by atoms with Gasteiger partial charge in [-0.1, -0.05) is 6.07 Å². The van der Waals surface area contributed by atoms with Crippen molar-refractivity contribution in [1.82, 2.24) is 9.88 Å². The zero-order chi connectivity index (χ0) is 15.5. The summed E-state index contributed by atoms with van der Waals surface area (Å²) in [6, 6.07) is 5.60. The van der Waals surface area contributed by atoms with E-state index in [2.05, 4.69) is 4.98 Å². The number of carbonyl (C=O) groups excluding carboxylic acids is 1. The quantitative estimate of drug-likeness (QED) is 0.860. The highest BCUT2D eigenvalue weighted by Gasteiger charge is 2.32. The number of nitrogens with zero attached hydrogens (tertiary/aromatic N) is 2. The van der Waals surface area contributed by atoms with Gasteiger partial charge in [-0.25, -0.2) is 4.79 Å². The minimum atomic E-state index is -1.02. The molecule has 2 rings (SSSR count). The number of hydrogen-bond acceptors (Lipinski definition) is 4. The number of rotatable bonds is 3. The zero-order valence-electron chi connectivity index (χ0n) is 12.7. The number of hydrogen-bond donors (Lipinski definition) is 0. The number of pyridine rings is 1. The lowest BCUT2D eigenvalue weighted by molar-refractivity contribution is 0.0295. The molecule has 0 aromatic carbocycles. The number of amides is 1. The average molecular weight is 310 g/mol. The van der Waals surface area contributed by atoms with E-state index in [0.717, 1.165) is 12.1 Å². The normalized spacial score (nSPS) is 20.3. The van der Waals surface area contributed by atoms with E-state index in [0.29, 0.717) is 18.8 Å². The molecule has 1 aromatic heterocycles. The molecule has 5 nitrogen and oxygen atoms in total. The van der Waals surface area contributed by atoms with Gasteiger partial charge in [0.15, 0.2) is 0 Å². The molecule has 21 heavy (non-hydrogen) atoms. The van der Waals surface area contributed by atoms with Crippen molar-refractivity contribution < 1.29 is 13.7 Å². The van der Waals surface area contributed by atoms with Gasteiger partial charge < -0.3 is 9.64 Å². The smallest absolute Gasteiger partial charge is 0.410 e. The summed E-state index contributed by atoms with van der Waals surface area (Å²) in [4.78, 5) is 17.8. The minimum Gasteiger partial charge on any atom is -0.444 e. The first-order chi connectivity index (χ1) is 9.85. The van der Waals surface area contributed by atoms with E-state index < -0.39 is 16.4 Å². The molecular weight excluding hydrogens is 288 g/mol. The second kappa shape index (κ2) is 6.56. The summed E-state index contributed by atoms with van der Waals surface area (Å²) in [7, 11) is -1.02. The van der Waals surface area contributed by atoms with Gasteiger partial charge in [0.25, 0.3) is 0 Å². The van der Waals surface area contributed by atoms with Crippen LogP contribution in [0.1, 0.15) is 32.9 Å². The van der Waals surface area contributed by atoms with Crippen molar-refractivity contribution in [2.75, 3.05) is 13.1 Å². The molecular formula is C15H22N2O3S. The van der Waals surface area contributed by atoms with Gasteiger partial charge in [0.2, 0.25) is 0 Å². The van der Waals surface area contributed by atoms with Crippen LogP contribution in [-0.2, 0) is 21.3 Å². The Morgan fingerprint density at radius 1 is 1.48 bits per heavy atom. The van der Waals surface area contributed by atoms with E-state index in [1.807, 2.05) is 39.0 Å². The lowest BCUT2D eigenvalue weighted by atomic mass is 10.2. The fraction of sp³-hybridized carbons (Fsp3) is 0.600. The molecule has 1 aliphatic rings. The molecule has 1 amide bonds. The Morgan fingerprint density at radius 2 is 2.24 bits per heavy atom. The van der Waals surface area contributed by atoms with Crippen LogP contribution in [0, 0.1) is 0 Å². The van der Waals surface area contributed by atoms with Crippen molar-refractivity contribution in [2.45, 2.75) is 43.8 Å². The Bertz CT molecular complexity index is 513. The standard InChI is InChI=1S/C15H22N2O3S/c1-15(2,3)20-14(18)17-9-7-13(10-17)21(19)11-12-6-4-5-8-16-12/h4-6,8,13H,7,9-11H2,1-3H3/t13-,21+/m0/s1. The molecule has 2 heterocycles. The van der Waals surface area contributed by atoms with Crippen LogP contribution in [0.5, 0.6) is 0 Å². The number of ether oxygens (including phenoxy) is 1. The monoisotopic (exact) mass is 310 g/mol. The van der Waals surface area contributed by atoms with Crippen LogP contribution in [-0.4, -0.2) is 44.1 Å². The molecule has 0 spiro atoms. The van der Waals surface area contributed by atoms with Gasteiger partial charge in [0.05, 0.1) is 16.7 Å². The van der Waals surface area contributed by atoms with Gasteiger partial charge in [-0.15, -0.1) is 0 Å². The molecule has 1 aromatic rings. The van der Waals surface area contributed by atoms with Crippen LogP contribution in [0.4, 0.5) is 4.79 Å². The number of likely N-dealkylation sites (tertiary alicyclic amines) is 1. The van der Waals surface area contributed by atoms with Crippen molar-refractivity contribution in [3.05, 3.63) is 30.1 Å². The maximum Gasteiger partial charge on any atom is 0.410 e. The largest absolute Gasteiger partial charge is 0.444 e. The first-order valence-corrected chi connectivity index (χ1v) is 8.48. The van der Waals surface area contributed by atoms with Crippen molar-refractivity contribution in [2.24, 2.45) is 0 Å². The second-order valence-electron chi connectivity index (χ2n) is 6.18. The van der Waals surface area contributed by atoms with Gasteiger partial charge >= 0.3 is 6.09 Å². The van der Waals surface area contributed by atoms with E-state index in [-0.39, 0.29) is 11.3 Å². The first kappa shape index (κ1) is 15.9. The maximum atomic E-state index is 12.4. The van der Waals surface area contributed by atoms with Crippen molar-refractivity contribution in [3.8, 4) is 0 Å². The highest BCUT2D eigenvalue weighted by atomic mass is 32.2. The molecule has 0 N–H and O–H groups in total. The molecule has 0 saturated carbocycles. The molecule has 0 aliphatic carbocycles. The van der Waals surface area contributed by atoms with E-state index in [9.17, 15) is 9.00 Å². The van der Waals surface area contributed by atoms with E-state index >= 15 is 0 Å². The van der Waals surface area contributed by atoms with Crippen molar-refractivity contribution >= 4 is 16.9 Å². The van der Waals surface area contributed by atoms with Gasteiger partial charge in [-0.2, -0.15) is 0 Å². The number of carbonyl (C=O) groups is 1. The Hall–Kier alpha value is -1.43. The Labute approximate surface area is 128 Å². The molecule has 6 heteroatoms. The van der Waals surface area contributed by atoms with Crippen LogP contribution in [0.3, 0.4) is 0 Å². The van der Waals surface area contributed by atoms with Crippen LogP contribution >= 0.6 is 0 Å². The Balaban J connectivity index is 1.87. The Morgan fingerprint density at radius 3 is 2.86 bits per heavy atom. The van der Waals surface area contributed by atoms with Gasteiger partial charge in [0.1, 0.15) is 5.60 Å². The molecule has 0 bridgehead atoms. The van der Waals surface area contributed by atoms with Crippen LogP contribution < -0.4 is 0 Å². The van der Waals surface area contributed by atoms with Gasteiger partial charge in [0, 0.05) is 30.1 Å². The predicted molar refractivity (Wildman–Crippen MR) is 82.3 cm³/mol. The molecule has 1 fully saturated rings. The van der Waals surface area contributed by atoms with E-state index in [1.54, 1.807) is 11.1 Å².